The van der Waals surface area contributed by atoms with Crippen LogP contribution in [0.3, 0.4) is 0 Å². The maximum Gasteiger partial charge on any atom is 0.134 e. The van der Waals surface area contributed by atoms with Gasteiger partial charge >= 0.3 is 0 Å². The summed E-state index contributed by atoms with van der Waals surface area (Å²) in [5, 5.41) is 0. The molecule has 1 unspecified atom stereocenters. The van der Waals surface area contributed by atoms with E-state index in [1.54, 1.807) is 7.11 Å². The monoisotopic (exact) mass is 250 g/mol. The van der Waals surface area contributed by atoms with Gasteiger partial charge in [-0.1, -0.05) is 6.92 Å². The predicted octanol–water partition coefficient (Wildman–Crippen LogP) is 1.63. The van der Waals surface area contributed by atoms with E-state index in [9.17, 15) is 0 Å². The van der Waals surface area contributed by atoms with E-state index >= 15 is 0 Å². The summed E-state index contributed by atoms with van der Waals surface area (Å²) in [6.45, 7) is 4.02. The number of hydrogen-bond donors (Lipinski definition) is 1. The van der Waals surface area contributed by atoms with Crippen LogP contribution in [0.25, 0.3) is 0 Å². The molecule has 0 bridgehead atoms. The average molecular weight is 250 g/mol. The zero-order valence-electron chi connectivity index (χ0n) is 11.2. The van der Waals surface area contributed by atoms with Crippen molar-refractivity contribution in [3.8, 4) is 0 Å². The number of nitrogen functional groups attached to an aromatic ring is 1. The second-order valence-electron chi connectivity index (χ2n) is 4.76. The third-order valence-corrected chi connectivity index (χ3v) is 3.29. The van der Waals surface area contributed by atoms with Crippen molar-refractivity contribution >= 4 is 11.6 Å². The second kappa shape index (κ2) is 6.00. The third kappa shape index (κ3) is 3.10. The lowest BCUT2D eigenvalue weighted by atomic mass is 10.1. The van der Waals surface area contributed by atoms with Gasteiger partial charge < -0.3 is 15.4 Å². The molecule has 100 valence electrons. The van der Waals surface area contributed by atoms with E-state index < -0.39 is 0 Å². The summed E-state index contributed by atoms with van der Waals surface area (Å²) in [4.78, 5) is 11.1. The summed E-state index contributed by atoms with van der Waals surface area (Å²) < 4.78 is 5.43. The molecule has 1 saturated heterocycles. The molecular weight excluding hydrogens is 228 g/mol. The van der Waals surface area contributed by atoms with Crippen molar-refractivity contribution in [2.45, 2.75) is 38.7 Å². The minimum Gasteiger partial charge on any atom is -0.384 e. The minimum absolute atomic E-state index is 0.296. The van der Waals surface area contributed by atoms with Crippen LogP contribution >= 0.6 is 0 Å². The Labute approximate surface area is 108 Å². The molecular formula is C13H22N4O. The molecule has 0 aromatic carbocycles. The molecule has 2 N–H and O–H groups in total. The highest BCUT2D eigenvalue weighted by Gasteiger charge is 2.21. The molecule has 2 rings (SSSR count). The van der Waals surface area contributed by atoms with E-state index in [4.69, 9.17) is 10.5 Å². The second-order valence-corrected chi connectivity index (χ2v) is 4.76. The standard InChI is InChI=1S/C13H22N4O/c1-3-5-12-15-11(14)8-13(16-12)17-7-4-6-10(9-17)18-2/h8,10H,3-7,9H2,1-2H3,(H2,14,15,16). The zero-order chi connectivity index (χ0) is 13.0. The Morgan fingerprint density at radius 3 is 3.06 bits per heavy atom. The van der Waals surface area contributed by atoms with Crippen LogP contribution in [0.5, 0.6) is 0 Å². The summed E-state index contributed by atoms with van der Waals surface area (Å²) in [5.41, 5.74) is 5.85. The number of hydrogen-bond acceptors (Lipinski definition) is 5. The average Bonchev–Trinajstić information content (AvgIpc) is 2.38. The largest absolute Gasteiger partial charge is 0.384 e. The lowest BCUT2D eigenvalue weighted by molar-refractivity contribution is 0.0891. The normalized spacial score (nSPS) is 20.1. The van der Waals surface area contributed by atoms with E-state index in [-0.39, 0.29) is 0 Å². The minimum atomic E-state index is 0.296. The van der Waals surface area contributed by atoms with Gasteiger partial charge in [-0.25, -0.2) is 9.97 Å². The number of methoxy groups -OCH3 is 1. The molecule has 5 heteroatoms. The van der Waals surface area contributed by atoms with Gasteiger partial charge in [-0.05, 0) is 19.3 Å². The smallest absolute Gasteiger partial charge is 0.134 e. The predicted molar refractivity (Wildman–Crippen MR) is 72.7 cm³/mol. The molecule has 1 aliphatic heterocycles. The molecule has 18 heavy (non-hydrogen) atoms. The van der Waals surface area contributed by atoms with Crippen LogP contribution < -0.4 is 10.6 Å². The van der Waals surface area contributed by atoms with Crippen LogP contribution in [-0.2, 0) is 11.2 Å². The first-order valence-electron chi connectivity index (χ1n) is 6.64. The Hall–Kier alpha value is -1.36. The van der Waals surface area contributed by atoms with Crippen LogP contribution in [0.4, 0.5) is 11.6 Å². The van der Waals surface area contributed by atoms with Gasteiger partial charge in [0.2, 0.25) is 0 Å². The molecule has 1 aromatic heterocycles. The summed E-state index contributed by atoms with van der Waals surface area (Å²) in [6.07, 6.45) is 4.45. The fourth-order valence-electron chi connectivity index (χ4n) is 2.34. The van der Waals surface area contributed by atoms with Crippen LogP contribution in [0.1, 0.15) is 32.0 Å². The number of anilines is 2. The molecule has 0 amide bonds. The molecule has 5 nitrogen and oxygen atoms in total. The highest BCUT2D eigenvalue weighted by molar-refractivity contribution is 5.47. The van der Waals surface area contributed by atoms with Crippen molar-refractivity contribution in [2.24, 2.45) is 0 Å². The first-order valence-corrected chi connectivity index (χ1v) is 6.64. The number of aryl methyl sites for hydroxylation is 1. The number of aromatic nitrogens is 2. The zero-order valence-corrected chi connectivity index (χ0v) is 11.2. The summed E-state index contributed by atoms with van der Waals surface area (Å²) in [7, 11) is 1.77. The van der Waals surface area contributed by atoms with Gasteiger partial charge in [0.1, 0.15) is 17.5 Å². The van der Waals surface area contributed by atoms with E-state index in [1.807, 2.05) is 6.07 Å². The Morgan fingerprint density at radius 1 is 1.50 bits per heavy atom. The third-order valence-electron chi connectivity index (χ3n) is 3.29. The van der Waals surface area contributed by atoms with Gasteiger partial charge in [0, 0.05) is 32.7 Å². The Bertz CT molecular complexity index is 397. The van der Waals surface area contributed by atoms with Crippen LogP contribution in [0.15, 0.2) is 6.07 Å². The van der Waals surface area contributed by atoms with Crippen molar-refractivity contribution in [1.29, 1.82) is 0 Å². The van der Waals surface area contributed by atoms with Crippen LogP contribution in [0.2, 0.25) is 0 Å². The molecule has 0 aliphatic carbocycles. The summed E-state index contributed by atoms with van der Waals surface area (Å²) in [6, 6.07) is 1.86. The van der Waals surface area contributed by atoms with Crippen molar-refractivity contribution in [3.63, 3.8) is 0 Å². The molecule has 1 aliphatic rings. The molecule has 0 spiro atoms. The van der Waals surface area contributed by atoms with E-state index in [1.165, 1.54) is 0 Å². The van der Waals surface area contributed by atoms with Crippen molar-refractivity contribution in [3.05, 3.63) is 11.9 Å². The number of rotatable bonds is 4. The van der Waals surface area contributed by atoms with Gasteiger partial charge in [-0.2, -0.15) is 0 Å². The molecule has 1 atom stereocenters. The fraction of sp³-hybridized carbons (Fsp3) is 0.692. The van der Waals surface area contributed by atoms with Gasteiger partial charge in [0.05, 0.1) is 6.10 Å². The fourth-order valence-corrected chi connectivity index (χ4v) is 2.34. The molecule has 0 saturated carbocycles. The van der Waals surface area contributed by atoms with Gasteiger partial charge in [-0.15, -0.1) is 0 Å². The van der Waals surface area contributed by atoms with E-state index in [2.05, 4.69) is 21.8 Å². The topological polar surface area (TPSA) is 64.3 Å². The molecule has 1 aromatic rings. The number of nitrogens with two attached hydrogens (primary N) is 1. The number of nitrogens with zero attached hydrogens (tertiary/aromatic N) is 3. The highest BCUT2D eigenvalue weighted by atomic mass is 16.5. The van der Waals surface area contributed by atoms with Crippen molar-refractivity contribution in [1.82, 2.24) is 9.97 Å². The van der Waals surface area contributed by atoms with Crippen molar-refractivity contribution in [2.75, 3.05) is 30.8 Å². The lowest BCUT2D eigenvalue weighted by Crippen LogP contribution is -2.39. The van der Waals surface area contributed by atoms with Gasteiger partial charge in [0.15, 0.2) is 0 Å². The van der Waals surface area contributed by atoms with E-state index in [0.29, 0.717) is 11.9 Å². The van der Waals surface area contributed by atoms with Crippen LogP contribution in [0, 0.1) is 0 Å². The Morgan fingerprint density at radius 2 is 2.33 bits per heavy atom. The number of piperidine rings is 1. The lowest BCUT2D eigenvalue weighted by Gasteiger charge is -2.32. The summed E-state index contributed by atoms with van der Waals surface area (Å²) >= 11 is 0. The van der Waals surface area contributed by atoms with Crippen LogP contribution in [-0.4, -0.2) is 36.3 Å². The maximum absolute atomic E-state index is 5.85. The molecule has 0 radical (unpaired) electrons. The quantitative estimate of drug-likeness (QED) is 0.879. The maximum atomic E-state index is 5.85. The SMILES string of the molecule is CCCc1nc(N)cc(N2CCCC(OC)C2)n1. The summed E-state index contributed by atoms with van der Waals surface area (Å²) in [5.74, 6) is 2.34. The van der Waals surface area contributed by atoms with Gasteiger partial charge in [-0.3, -0.25) is 0 Å². The number of ether oxygens (including phenoxy) is 1. The molecule has 1 fully saturated rings. The van der Waals surface area contributed by atoms with Gasteiger partial charge in [0.25, 0.3) is 0 Å². The first kappa shape index (κ1) is 13.1. The highest BCUT2D eigenvalue weighted by Crippen LogP contribution is 2.21. The Balaban J connectivity index is 2.16. The van der Waals surface area contributed by atoms with Crippen molar-refractivity contribution < 1.29 is 4.74 Å². The van der Waals surface area contributed by atoms with E-state index in [0.717, 1.165) is 50.4 Å². The molecule has 2 heterocycles. The first-order chi connectivity index (χ1) is 8.72. The Kier molecular flexibility index (Phi) is 4.36.